The van der Waals surface area contributed by atoms with E-state index in [9.17, 15) is 0 Å². The van der Waals surface area contributed by atoms with E-state index < -0.39 is 0 Å². The zero-order valence-corrected chi connectivity index (χ0v) is 6.29. The monoisotopic (exact) mass is 140 g/mol. The summed E-state index contributed by atoms with van der Waals surface area (Å²) >= 11 is 0. The van der Waals surface area contributed by atoms with E-state index in [2.05, 4.69) is 19.0 Å². The molecule has 0 atom stereocenters. The van der Waals surface area contributed by atoms with Gasteiger partial charge in [0.2, 0.25) is 0 Å². The fraction of sp³-hybridized carbons (Fsp3) is 0.571. The maximum atomic E-state index is 5.41. The van der Waals surface area contributed by atoms with Gasteiger partial charge in [0.25, 0.3) is 0 Å². The molecule has 0 bridgehead atoms. The van der Waals surface area contributed by atoms with Crippen molar-refractivity contribution in [2.45, 2.75) is 26.3 Å². The lowest BCUT2D eigenvalue weighted by atomic mass is 10.1. The molecule has 0 aliphatic carbocycles. The molecule has 0 amide bonds. The number of nitrogens with two attached hydrogens (primary N) is 1. The van der Waals surface area contributed by atoms with E-state index in [0.29, 0.717) is 12.5 Å². The normalized spacial score (nSPS) is 10.8. The highest BCUT2D eigenvalue weighted by Crippen LogP contribution is 2.16. The van der Waals surface area contributed by atoms with Crippen molar-refractivity contribution < 1.29 is 4.52 Å². The van der Waals surface area contributed by atoms with Crippen molar-refractivity contribution in [2.75, 3.05) is 0 Å². The van der Waals surface area contributed by atoms with E-state index in [0.717, 1.165) is 11.3 Å². The van der Waals surface area contributed by atoms with Crippen molar-refractivity contribution in [1.29, 1.82) is 0 Å². The molecule has 1 aromatic rings. The topological polar surface area (TPSA) is 52.0 Å². The van der Waals surface area contributed by atoms with Crippen molar-refractivity contribution in [3.8, 4) is 0 Å². The molecule has 56 valence electrons. The van der Waals surface area contributed by atoms with Crippen LogP contribution >= 0.6 is 0 Å². The van der Waals surface area contributed by atoms with Gasteiger partial charge in [-0.05, 0) is 5.92 Å². The molecule has 10 heavy (non-hydrogen) atoms. The number of rotatable bonds is 2. The van der Waals surface area contributed by atoms with Gasteiger partial charge in [-0.25, -0.2) is 0 Å². The maximum Gasteiger partial charge on any atom is 0.127 e. The number of aromatic nitrogens is 1. The second-order valence-electron chi connectivity index (χ2n) is 2.58. The third-order valence-electron chi connectivity index (χ3n) is 1.49. The van der Waals surface area contributed by atoms with Gasteiger partial charge in [-0.15, -0.1) is 0 Å². The van der Waals surface area contributed by atoms with Gasteiger partial charge in [-0.3, -0.25) is 0 Å². The second-order valence-corrected chi connectivity index (χ2v) is 2.58. The molecule has 3 heteroatoms. The summed E-state index contributed by atoms with van der Waals surface area (Å²) < 4.78 is 4.77. The lowest BCUT2D eigenvalue weighted by Crippen LogP contribution is -2.01. The van der Waals surface area contributed by atoms with Gasteiger partial charge in [-0.2, -0.15) is 0 Å². The van der Waals surface area contributed by atoms with Gasteiger partial charge >= 0.3 is 0 Å². The van der Waals surface area contributed by atoms with Crippen molar-refractivity contribution >= 4 is 0 Å². The molecule has 1 aromatic heterocycles. The van der Waals surface area contributed by atoms with Gasteiger partial charge in [0.05, 0.1) is 0 Å². The number of hydrogen-bond acceptors (Lipinski definition) is 3. The molecule has 0 unspecified atom stereocenters. The lowest BCUT2D eigenvalue weighted by Gasteiger charge is -1.99. The van der Waals surface area contributed by atoms with E-state index in [-0.39, 0.29) is 0 Å². The van der Waals surface area contributed by atoms with Gasteiger partial charge in [0.15, 0.2) is 0 Å². The highest BCUT2D eigenvalue weighted by Gasteiger charge is 2.08. The van der Waals surface area contributed by atoms with Crippen LogP contribution in [0.5, 0.6) is 0 Å². The highest BCUT2D eigenvalue weighted by atomic mass is 16.5. The first-order chi connectivity index (χ1) is 4.75. The first-order valence-electron chi connectivity index (χ1n) is 3.39. The second kappa shape index (κ2) is 2.84. The summed E-state index contributed by atoms with van der Waals surface area (Å²) in [5, 5.41) is 3.76. The zero-order valence-electron chi connectivity index (χ0n) is 6.29. The van der Waals surface area contributed by atoms with E-state index in [1.807, 2.05) is 0 Å². The molecule has 0 aliphatic rings. The minimum Gasteiger partial charge on any atom is -0.364 e. The van der Waals surface area contributed by atoms with E-state index in [4.69, 9.17) is 10.3 Å². The minimum absolute atomic E-state index is 0.449. The van der Waals surface area contributed by atoms with Crippen LogP contribution in [-0.2, 0) is 6.54 Å². The first kappa shape index (κ1) is 7.28. The Bertz CT molecular complexity index is 205. The quantitative estimate of drug-likeness (QED) is 0.672. The van der Waals surface area contributed by atoms with Crippen LogP contribution in [0, 0.1) is 0 Å². The number of hydrogen-bond donors (Lipinski definition) is 1. The Kier molecular flexibility index (Phi) is 2.06. The predicted octanol–water partition coefficient (Wildman–Crippen LogP) is 1.26. The Hall–Kier alpha value is -0.830. The molecule has 1 rings (SSSR count). The molecular weight excluding hydrogens is 128 g/mol. The first-order valence-corrected chi connectivity index (χ1v) is 3.39. The molecule has 1 heterocycles. The Morgan fingerprint density at radius 2 is 2.40 bits per heavy atom. The van der Waals surface area contributed by atoms with E-state index >= 15 is 0 Å². The summed E-state index contributed by atoms with van der Waals surface area (Å²) in [4.78, 5) is 0. The fourth-order valence-corrected chi connectivity index (χ4v) is 0.892. The van der Waals surface area contributed by atoms with Crippen LogP contribution in [0.4, 0.5) is 0 Å². The van der Waals surface area contributed by atoms with Gasteiger partial charge in [0, 0.05) is 12.1 Å². The summed E-state index contributed by atoms with van der Waals surface area (Å²) in [6, 6.07) is 0. The molecule has 0 radical (unpaired) electrons. The fourth-order valence-electron chi connectivity index (χ4n) is 0.892. The highest BCUT2D eigenvalue weighted by molar-refractivity contribution is 5.17. The Morgan fingerprint density at radius 1 is 1.70 bits per heavy atom. The summed E-state index contributed by atoms with van der Waals surface area (Å²) in [5.41, 5.74) is 7.39. The predicted molar refractivity (Wildman–Crippen MR) is 38.5 cm³/mol. The van der Waals surface area contributed by atoms with Crippen molar-refractivity contribution in [3.63, 3.8) is 0 Å². The third kappa shape index (κ3) is 1.19. The summed E-state index contributed by atoms with van der Waals surface area (Å²) in [6.07, 6.45) is 1.66. The summed E-state index contributed by atoms with van der Waals surface area (Å²) in [7, 11) is 0. The Labute approximate surface area is 60.2 Å². The number of nitrogens with zero attached hydrogens (tertiary/aromatic N) is 1. The van der Waals surface area contributed by atoms with Crippen molar-refractivity contribution in [3.05, 3.63) is 17.5 Å². The van der Waals surface area contributed by atoms with Crippen molar-refractivity contribution in [1.82, 2.24) is 5.16 Å². The smallest absolute Gasteiger partial charge is 0.127 e. The van der Waals surface area contributed by atoms with Crippen LogP contribution in [0.15, 0.2) is 10.8 Å². The van der Waals surface area contributed by atoms with E-state index in [1.54, 1.807) is 6.26 Å². The molecule has 2 N–H and O–H groups in total. The Balaban J connectivity index is 2.90. The molecule has 0 aliphatic heterocycles. The average Bonchev–Trinajstić information content (AvgIpc) is 2.33. The molecule has 0 fully saturated rings. The van der Waals surface area contributed by atoms with Gasteiger partial charge in [-0.1, -0.05) is 19.0 Å². The van der Waals surface area contributed by atoms with Crippen LogP contribution in [0.3, 0.4) is 0 Å². The lowest BCUT2D eigenvalue weighted by molar-refractivity contribution is 0.411. The minimum atomic E-state index is 0.449. The maximum absolute atomic E-state index is 5.41. The van der Waals surface area contributed by atoms with Crippen LogP contribution in [0.1, 0.15) is 31.0 Å². The van der Waals surface area contributed by atoms with Crippen LogP contribution in [-0.4, -0.2) is 5.16 Å². The molecule has 0 saturated heterocycles. The van der Waals surface area contributed by atoms with Gasteiger partial charge in [0.1, 0.15) is 12.0 Å². The molecule has 0 saturated carbocycles. The summed E-state index contributed by atoms with van der Waals surface area (Å²) in [6.45, 7) is 4.64. The molecule has 0 aromatic carbocycles. The van der Waals surface area contributed by atoms with Crippen LogP contribution in [0.2, 0.25) is 0 Å². The Morgan fingerprint density at radius 3 is 2.80 bits per heavy atom. The molecule has 0 spiro atoms. The molecule has 3 nitrogen and oxygen atoms in total. The third-order valence-corrected chi connectivity index (χ3v) is 1.49. The van der Waals surface area contributed by atoms with Crippen LogP contribution < -0.4 is 5.73 Å². The largest absolute Gasteiger partial charge is 0.364 e. The average molecular weight is 140 g/mol. The van der Waals surface area contributed by atoms with Gasteiger partial charge < -0.3 is 10.3 Å². The van der Waals surface area contributed by atoms with E-state index in [1.165, 1.54) is 0 Å². The zero-order chi connectivity index (χ0) is 7.56. The summed E-state index contributed by atoms with van der Waals surface area (Å²) in [5.74, 6) is 0.449. The van der Waals surface area contributed by atoms with Crippen molar-refractivity contribution in [2.24, 2.45) is 5.73 Å². The standard InChI is InChI=1S/C7H12N2O/c1-5(2)6-4-10-9-7(6)3-8/h4-5H,3,8H2,1-2H3. The SMILES string of the molecule is CC(C)c1conc1CN. The molecular formula is C7H12N2O. The van der Waals surface area contributed by atoms with Crippen LogP contribution in [0.25, 0.3) is 0 Å².